The van der Waals surface area contributed by atoms with Gasteiger partial charge in [0.25, 0.3) is 0 Å². The largest absolute Gasteiger partial charge is 0.462 e. The quantitative estimate of drug-likeness (QED) is 0.927. The summed E-state index contributed by atoms with van der Waals surface area (Å²) in [6.45, 7) is -0.884. The van der Waals surface area contributed by atoms with Gasteiger partial charge < -0.3 is 4.74 Å². The molecule has 1 atom stereocenters. The van der Waals surface area contributed by atoms with Gasteiger partial charge in [-0.3, -0.25) is 0 Å². The van der Waals surface area contributed by atoms with E-state index in [1.807, 2.05) is 12.1 Å². The molecule has 3 nitrogen and oxygen atoms in total. The summed E-state index contributed by atoms with van der Waals surface area (Å²) in [5.74, 6) is 0.459. The third kappa shape index (κ3) is 3.12. The van der Waals surface area contributed by atoms with E-state index < -0.39 is 16.6 Å². The van der Waals surface area contributed by atoms with Crippen molar-refractivity contribution in [2.45, 2.75) is 4.90 Å². The Kier molecular flexibility index (Phi) is 3.85. The molecule has 0 spiro atoms. The van der Waals surface area contributed by atoms with Gasteiger partial charge in [-0.2, -0.15) is 0 Å². The van der Waals surface area contributed by atoms with Crippen LogP contribution in [0.15, 0.2) is 53.4 Å². The fourth-order valence-electron chi connectivity index (χ4n) is 1.78. The van der Waals surface area contributed by atoms with Gasteiger partial charge in [0.05, 0.1) is 9.73 Å². The van der Waals surface area contributed by atoms with E-state index >= 15 is 0 Å². The highest BCUT2D eigenvalue weighted by atomic mass is 32.2. The van der Waals surface area contributed by atoms with Crippen LogP contribution in [0.3, 0.4) is 0 Å². The van der Waals surface area contributed by atoms with E-state index in [0.717, 1.165) is 11.1 Å². The lowest BCUT2D eigenvalue weighted by atomic mass is 10.1. The number of rotatable bonds is 4. The van der Waals surface area contributed by atoms with Crippen molar-refractivity contribution in [3.05, 3.63) is 48.5 Å². The van der Waals surface area contributed by atoms with Crippen LogP contribution in [-0.4, -0.2) is 17.3 Å². The molecule has 0 aromatic heterocycles. The van der Waals surface area contributed by atoms with Gasteiger partial charge in [0.1, 0.15) is 5.75 Å². The van der Waals surface area contributed by atoms with Crippen LogP contribution in [0, 0.1) is 4.78 Å². The highest BCUT2D eigenvalue weighted by Gasteiger charge is 2.07. The molecule has 2 rings (SSSR count). The SMILES string of the molecule is CS(=N)(=O)c1ccc(-c2ccccc2OCF)cc1. The Bertz CT molecular complexity index is 666. The number of para-hydroxylation sites is 1. The molecule has 0 heterocycles. The number of alkyl halides is 1. The molecule has 0 aliphatic rings. The van der Waals surface area contributed by atoms with Crippen LogP contribution in [-0.2, 0) is 9.73 Å². The van der Waals surface area contributed by atoms with Crippen molar-refractivity contribution in [1.82, 2.24) is 0 Å². The maximum atomic E-state index is 12.3. The fraction of sp³-hybridized carbons (Fsp3) is 0.143. The van der Waals surface area contributed by atoms with Crippen molar-refractivity contribution in [3.8, 4) is 16.9 Å². The van der Waals surface area contributed by atoms with Crippen LogP contribution in [0.4, 0.5) is 4.39 Å². The number of hydrogen-bond acceptors (Lipinski definition) is 3. The zero-order chi connectivity index (χ0) is 13.9. The average molecular weight is 279 g/mol. The van der Waals surface area contributed by atoms with E-state index in [0.29, 0.717) is 10.6 Å². The number of hydrogen-bond donors (Lipinski definition) is 1. The minimum Gasteiger partial charge on any atom is -0.462 e. The van der Waals surface area contributed by atoms with Gasteiger partial charge in [-0.1, -0.05) is 30.3 Å². The lowest BCUT2D eigenvalue weighted by Crippen LogP contribution is -1.95. The highest BCUT2D eigenvalue weighted by molar-refractivity contribution is 7.91. The van der Waals surface area contributed by atoms with Gasteiger partial charge in [-0.25, -0.2) is 13.4 Å². The Balaban J connectivity index is 2.43. The normalized spacial score (nSPS) is 13.8. The summed E-state index contributed by atoms with van der Waals surface area (Å²) in [6, 6.07) is 13.9. The predicted molar refractivity (Wildman–Crippen MR) is 73.5 cm³/mol. The minimum atomic E-state index is -2.71. The van der Waals surface area contributed by atoms with Crippen LogP contribution >= 0.6 is 0 Å². The first-order valence-corrected chi connectivity index (χ1v) is 7.61. The summed E-state index contributed by atoms with van der Waals surface area (Å²) >= 11 is 0. The Labute approximate surface area is 112 Å². The molecule has 0 fully saturated rings. The summed E-state index contributed by atoms with van der Waals surface area (Å²) in [7, 11) is -2.71. The van der Waals surface area contributed by atoms with Gasteiger partial charge >= 0.3 is 0 Å². The predicted octanol–water partition coefficient (Wildman–Crippen LogP) is 3.69. The second kappa shape index (κ2) is 5.40. The maximum absolute atomic E-state index is 12.3. The molecule has 2 aromatic rings. The summed E-state index contributed by atoms with van der Waals surface area (Å²) in [4.78, 5) is 0.472. The van der Waals surface area contributed by atoms with Gasteiger partial charge in [-0.15, -0.1) is 0 Å². The van der Waals surface area contributed by atoms with Crippen LogP contribution in [0.5, 0.6) is 5.75 Å². The van der Waals surface area contributed by atoms with Gasteiger partial charge in [0.2, 0.25) is 6.86 Å². The van der Waals surface area contributed by atoms with E-state index in [9.17, 15) is 8.60 Å². The van der Waals surface area contributed by atoms with E-state index in [-0.39, 0.29) is 0 Å². The molecular formula is C14H14FNO2S. The molecule has 0 radical (unpaired) electrons. The zero-order valence-electron chi connectivity index (χ0n) is 10.4. The van der Waals surface area contributed by atoms with Gasteiger partial charge in [0, 0.05) is 16.7 Å². The molecule has 0 saturated carbocycles. The van der Waals surface area contributed by atoms with Crippen LogP contribution in [0.2, 0.25) is 0 Å². The minimum absolute atomic E-state index is 0.459. The van der Waals surface area contributed by atoms with Crippen LogP contribution in [0.25, 0.3) is 11.1 Å². The van der Waals surface area contributed by atoms with Crippen molar-refractivity contribution >= 4 is 9.73 Å². The summed E-state index contributed by atoms with van der Waals surface area (Å²) in [5.41, 5.74) is 1.59. The molecule has 0 saturated heterocycles. The Morgan fingerprint density at radius 3 is 2.37 bits per heavy atom. The molecule has 1 unspecified atom stereocenters. The third-order valence-corrected chi connectivity index (χ3v) is 3.88. The molecule has 0 bridgehead atoms. The molecule has 19 heavy (non-hydrogen) atoms. The summed E-state index contributed by atoms with van der Waals surface area (Å²) < 4.78 is 36.3. The average Bonchev–Trinajstić information content (AvgIpc) is 2.39. The zero-order valence-corrected chi connectivity index (χ0v) is 11.2. The molecule has 1 N–H and O–H groups in total. The Hall–Kier alpha value is -1.88. The van der Waals surface area contributed by atoms with Crippen LogP contribution in [0.1, 0.15) is 0 Å². The number of halogens is 1. The topological polar surface area (TPSA) is 50.2 Å². The molecule has 0 aliphatic heterocycles. The fourth-order valence-corrected chi connectivity index (χ4v) is 2.44. The number of benzene rings is 2. The second-order valence-electron chi connectivity index (χ2n) is 4.12. The van der Waals surface area contributed by atoms with Gasteiger partial charge in [-0.05, 0) is 23.8 Å². The van der Waals surface area contributed by atoms with E-state index in [1.165, 1.54) is 6.26 Å². The monoisotopic (exact) mass is 279 g/mol. The Morgan fingerprint density at radius 2 is 1.79 bits per heavy atom. The smallest absolute Gasteiger partial charge is 0.228 e. The van der Waals surface area contributed by atoms with Crippen molar-refractivity contribution in [3.63, 3.8) is 0 Å². The standard InChI is InChI=1S/C14H14FNO2S/c1-19(16,17)12-8-6-11(7-9-12)13-4-2-3-5-14(13)18-10-15/h2-9,16H,10H2,1H3. The first-order chi connectivity index (χ1) is 9.02. The summed E-state index contributed by atoms with van der Waals surface area (Å²) in [5, 5.41) is 0. The molecule has 100 valence electrons. The van der Waals surface area contributed by atoms with Crippen LogP contribution < -0.4 is 4.74 Å². The van der Waals surface area contributed by atoms with Gasteiger partial charge in [0.15, 0.2) is 0 Å². The third-order valence-electron chi connectivity index (χ3n) is 2.71. The molecule has 2 aromatic carbocycles. The van der Waals surface area contributed by atoms with Crippen molar-refractivity contribution in [1.29, 1.82) is 4.78 Å². The van der Waals surface area contributed by atoms with Crippen molar-refractivity contribution in [2.75, 3.05) is 13.1 Å². The molecule has 0 aliphatic carbocycles. The lowest BCUT2D eigenvalue weighted by Gasteiger charge is -2.09. The van der Waals surface area contributed by atoms with E-state index in [4.69, 9.17) is 9.52 Å². The first kappa shape index (κ1) is 13.5. The number of ether oxygens (including phenoxy) is 1. The number of nitrogens with one attached hydrogen (secondary N) is 1. The van der Waals surface area contributed by atoms with Crippen molar-refractivity contribution in [2.24, 2.45) is 0 Å². The molecule has 0 amide bonds. The van der Waals surface area contributed by atoms with E-state index in [1.54, 1.807) is 36.4 Å². The maximum Gasteiger partial charge on any atom is 0.228 e. The highest BCUT2D eigenvalue weighted by Crippen LogP contribution is 2.30. The summed E-state index contributed by atoms with van der Waals surface area (Å²) in [6.07, 6.45) is 1.38. The Morgan fingerprint density at radius 1 is 1.16 bits per heavy atom. The first-order valence-electron chi connectivity index (χ1n) is 5.64. The molecular weight excluding hydrogens is 265 g/mol. The molecule has 5 heteroatoms. The van der Waals surface area contributed by atoms with E-state index in [2.05, 4.69) is 0 Å². The second-order valence-corrected chi connectivity index (χ2v) is 6.28. The lowest BCUT2D eigenvalue weighted by molar-refractivity contribution is 0.192. The van der Waals surface area contributed by atoms with Crippen molar-refractivity contribution < 1.29 is 13.3 Å².